The lowest BCUT2D eigenvalue weighted by Crippen LogP contribution is -2.52. The molecule has 0 saturated carbocycles. The van der Waals surface area contributed by atoms with E-state index in [1.54, 1.807) is 0 Å². The van der Waals surface area contributed by atoms with Crippen molar-refractivity contribution in [3.05, 3.63) is 34.9 Å². The largest absolute Gasteiger partial charge is 0.368 e. The number of hydrogen-bond acceptors (Lipinski definition) is 3. The zero-order valence-electron chi connectivity index (χ0n) is 12.6. The van der Waals surface area contributed by atoms with Crippen LogP contribution < -0.4 is 11.1 Å². The SMILES string of the molecule is Cc1ccc(C)c(C(C)(NCCN(C)C)C(N)=O)c1. The molecule has 3 N–H and O–H groups in total. The Morgan fingerprint density at radius 3 is 2.53 bits per heavy atom. The Morgan fingerprint density at radius 2 is 2.00 bits per heavy atom. The zero-order chi connectivity index (χ0) is 14.6. The normalized spacial score (nSPS) is 14.4. The van der Waals surface area contributed by atoms with Gasteiger partial charge in [0.2, 0.25) is 5.91 Å². The van der Waals surface area contributed by atoms with Crippen LogP contribution in [0.1, 0.15) is 23.6 Å². The summed E-state index contributed by atoms with van der Waals surface area (Å²) < 4.78 is 0. The smallest absolute Gasteiger partial charge is 0.242 e. The van der Waals surface area contributed by atoms with Crippen molar-refractivity contribution >= 4 is 5.91 Å². The molecule has 1 aromatic rings. The first-order valence-electron chi connectivity index (χ1n) is 6.55. The van der Waals surface area contributed by atoms with Gasteiger partial charge < -0.3 is 10.6 Å². The molecule has 0 saturated heterocycles. The van der Waals surface area contributed by atoms with E-state index in [-0.39, 0.29) is 5.91 Å². The molecule has 1 unspecified atom stereocenters. The van der Waals surface area contributed by atoms with Crippen LogP contribution in [0.5, 0.6) is 0 Å². The van der Waals surface area contributed by atoms with Gasteiger partial charge in [-0.25, -0.2) is 0 Å². The van der Waals surface area contributed by atoms with Crippen molar-refractivity contribution in [2.45, 2.75) is 26.3 Å². The van der Waals surface area contributed by atoms with Crippen LogP contribution in [0.2, 0.25) is 0 Å². The summed E-state index contributed by atoms with van der Waals surface area (Å²) in [5, 5.41) is 3.30. The Balaban J connectivity index is 3.04. The van der Waals surface area contributed by atoms with E-state index in [2.05, 4.69) is 10.2 Å². The van der Waals surface area contributed by atoms with Gasteiger partial charge in [0.15, 0.2) is 0 Å². The van der Waals surface area contributed by atoms with Gasteiger partial charge in [-0.3, -0.25) is 10.1 Å². The van der Waals surface area contributed by atoms with E-state index < -0.39 is 5.54 Å². The Kier molecular flexibility index (Phi) is 5.09. The molecule has 0 fully saturated rings. The molecule has 1 atom stereocenters. The summed E-state index contributed by atoms with van der Waals surface area (Å²) in [4.78, 5) is 14.0. The summed E-state index contributed by atoms with van der Waals surface area (Å²) in [6.07, 6.45) is 0. The zero-order valence-corrected chi connectivity index (χ0v) is 12.6. The Hall–Kier alpha value is -1.39. The van der Waals surface area contributed by atoms with Gasteiger partial charge in [0.05, 0.1) is 0 Å². The van der Waals surface area contributed by atoms with Crippen LogP contribution in [0.15, 0.2) is 18.2 Å². The van der Waals surface area contributed by atoms with Crippen molar-refractivity contribution in [2.75, 3.05) is 27.2 Å². The highest BCUT2D eigenvalue weighted by Gasteiger charge is 2.33. The fraction of sp³-hybridized carbons (Fsp3) is 0.533. The molecule has 4 nitrogen and oxygen atoms in total. The van der Waals surface area contributed by atoms with Gasteiger partial charge in [-0.1, -0.05) is 23.8 Å². The van der Waals surface area contributed by atoms with Crippen molar-refractivity contribution in [2.24, 2.45) is 5.73 Å². The fourth-order valence-corrected chi connectivity index (χ4v) is 2.12. The van der Waals surface area contributed by atoms with E-state index in [0.29, 0.717) is 6.54 Å². The van der Waals surface area contributed by atoms with E-state index >= 15 is 0 Å². The number of benzene rings is 1. The van der Waals surface area contributed by atoms with Gasteiger partial charge in [0, 0.05) is 13.1 Å². The molecule has 0 aromatic heterocycles. The average Bonchev–Trinajstić information content (AvgIpc) is 2.31. The first kappa shape index (κ1) is 15.7. The summed E-state index contributed by atoms with van der Waals surface area (Å²) in [5.41, 5.74) is 7.95. The standard InChI is InChI=1S/C15H25N3O/c1-11-6-7-12(2)13(10-11)15(3,14(16)19)17-8-9-18(4)5/h6-7,10,17H,8-9H2,1-5H3,(H2,16,19). The first-order chi connectivity index (χ1) is 8.77. The number of amides is 1. The van der Waals surface area contributed by atoms with Crippen molar-refractivity contribution in [1.82, 2.24) is 10.2 Å². The second-order valence-corrected chi connectivity index (χ2v) is 5.54. The Bertz CT molecular complexity index is 457. The van der Waals surface area contributed by atoms with Crippen LogP contribution in [0.25, 0.3) is 0 Å². The van der Waals surface area contributed by atoms with Gasteiger partial charge >= 0.3 is 0 Å². The number of nitrogens with two attached hydrogens (primary N) is 1. The fourth-order valence-electron chi connectivity index (χ4n) is 2.12. The number of carbonyl (C=O) groups excluding carboxylic acids is 1. The highest BCUT2D eigenvalue weighted by Crippen LogP contribution is 2.25. The third kappa shape index (κ3) is 3.78. The number of rotatable bonds is 6. The number of aryl methyl sites for hydroxylation is 2. The number of primary amides is 1. The van der Waals surface area contributed by atoms with Gasteiger partial charge in [0.1, 0.15) is 5.54 Å². The van der Waals surface area contributed by atoms with E-state index in [4.69, 9.17) is 5.73 Å². The number of carbonyl (C=O) groups is 1. The number of hydrogen-bond donors (Lipinski definition) is 2. The molecule has 0 aliphatic rings. The molecule has 0 heterocycles. The van der Waals surface area contributed by atoms with E-state index in [1.165, 1.54) is 0 Å². The molecule has 4 heteroatoms. The van der Waals surface area contributed by atoms with Crippen LogP contribution in [-0.4, -0.2) is 38.0 Å². The number of nitrogens with zero attached hydrogens (tertiary/aromatic N) is 1. The quantitative estimate of drug-likeness (QED) is 0.809. The molecule has 1 aromatic carbocycles. The maximum absolute atomic E-state index is 11.9. The third-order valence-electron chi connectivity index (χ3n) is 3.46. The molecule has 19 heavy (non-hydrogen) atoms. The molecule has 0 spiro atoms. The molecule has 1 rings (SSSR count). The Labute approximate surface area is 116 Å². The lowest BCUT2D eigenvalue weighted by Gasteiger charge is -2.30. The maximum Gasteiger partial charge on any atom is 0.242 e. The number of nitrogens with one attached hydrogen (secondary N) is 1. The van der Waals surface area contributed by atoms with Gasteiger partial charge in [-0.15, -0.1) is 0 Å². The molecule has 1 amide bonds. The highest BCUT2D eigenvalue weighted by molar-refractivity contribution is 5.86. The van der Waals surface area contributed by atoms with Crippen LogP contribution in [-0.2, 0) is 10.3 Å². The van der Waals surface area contributed by atoms with Gasteiger partial charge in [-0.2, -0.15) is 0 Å². The minimum Gasteiger partial charge on any atom is -0.368 e. The monoisotopic (exact) mass is 263 g/mol. The molecule has 0 radical (unpaired) electrons. The predicted octanol–water partition coefficient (Wildman–Crippen LogP) is 1.16. The molecule has 0 aliphatic carbocycles. The predicted molar refractivity (Wildman–Crippen MR) is 79.0 cm³/mol. The highest BCUT2D eigenvalue weighted by atomic mass is 16.1. The van der Waals surface area contributed by atoms with Gasteiger partial charge in [-0.05, 0) is 46.0 Å². The average molecular weight is 263 g/mol. The second-order valence-electron chi connectivity index (χ2n) is 5.54. The molecular formula is C15H25N3O. The molecule has 106 valence electrons. The lowest BCUT2D eigenvalue weighted by molar-refractivity contribution is -0.124. The van der Waals surface area contributed by atoms with Gasteiger partial charge in [0.25, 0.3) is 0 Å². The van der Waals surface area contributed by atoms with Crippen molar-refractivity contribution in [3.8, 4) is 0 Å². The Morgan fingerprint density at radius 1 is 1.37 bits per heavy atom. The summed E-state index contributed by atoms with van der Waals surface area (Å²) in [7, 11) is 4.00. The lowest BCUT2D eigenvalue weighted by atomic mass is 9.86. The third-order valence-corrected chi connectivity index (χ3v) is 3.46. The van der Waals surface area contributed by atoms with Crippen LogP contribution in [0.3, 0.4) is 0 Å². The summed E-state index contributed by atoms with van der Waals surface area (Å²) in [6, 6.07) is 6.10. The first-order valence-corrected chi connectivity index (χ1v) is 6.55. The summed E-state index contributed by atoms with van der Waals surface area (Å²) in [6.45, 7) is 7.44. The summed E-state index contributed by atoms with van der Waals surface area (Å²) >= 11 is 0. The number of likely N-dealkylation sites (N-methyl/N-ethyl adjacent to an activating group) is 1. The molecule has 0 aliphatic heterocycles. The topological polar surface area (TPSA) is 58.4 Å². The molecule has 0 bridgehead atoms. The van der Waals surface area contributed by atoms with E-state index in [9.17, 15) is 4.79 Å². The van der Waals surface area contributed by atoms with Crippen LogP contribution in [0.4, 0.5) is 0 Å². The minimum atomic E-state index is -0.827. The molecular weight excluding hydrogens is 238 g/mol. The van der Waals surface area contributed by atoms with Crippen LogP contribution in [0, 0.1) is 13.8 Å². The van der Waals surface area contributed by atoms with Crippen molar-refractivity contribution < 1.29 is 4.79 Å². The minimum absolute atomic E-state index is 0.347. The maximum atomic E-state index is 11.9. The second kappa shape index (κ2) is 6.17. The van der Waals surface area contributed by atoms with E-state index in [1.807, 2.05) is 53.1 Å². The van der Waals surface area contributed by atoms with Crippen molar-refractivity contribution in [3.63, 3.8) is 0 Å². The van der Waals surface area contributed by atoms with Crippen LogP contribution >= 0.6 is 0 Å². The van der Waals surface area contributed by atoms with E-state index in [0.717, 1.165) is 23.2 Å². The van der Waals surface area contributed by atoms with Crippen molar-refractivity contribution in [1.29, 1.82) is 0 Å². The summed E-state index contributed by atoms with van der Waals surface area (Å²) in [5.74, 6) is -0.347.